The molecule has 0 bridgehead atoms. The Hall–Kier alpha value is -0.900. The van der Waals surface area contributed by atoms with Crippen LogP contribution in [0.1, 0.15) is 38.5 Å². The van der Waals surface area contributed by atoms with Gasteiger partial charge in [0, 0.05) is 26.2 Å². The summed E-state index contributed by atoms with van der Waals surface area (Å²) in [6, 6.07) is 0. The fourth-order valence-electron chi connectivity index (χ4n) is 2.55. The van der Waals surface area contributed by atoms with Crippen LogP contribution in [0.4, 0.5) is 13.2 Å². The lowest BCUT2D eigenvalue weighted by Crippen LogP contribution is -2.46. The first-order valence-electron chi connectivity index (χ1n) is 8.96. The van der Waals surface area contributed by atoms with Gasteiger partial charge in [0.1, 0.15) is 0 Å². The first-order valence-corrected chi connectivity index (χ1v) is 8.96. The first kappa shape index (κ1) is 24.1. The van der Waals surface area contributed by atoms with Crippen LogP contribution in [0, 0.1) is 0 Å². The molecule has 6 nitrogen and oxygen atoms in total. The van der Waals surface area contributed by atoms with Crippen LogP contribution in [0.3, 0.4) is 0 Å². The maximum Gasteiger partial charge on any atom is 0.490 e. The largest absolute Gasteiger partial charge is 0.490 e. The van der Waals surface area contributed by atoms with Crippen molar-refractivity contribution < 1.29 is 23.1 Å². The Balaban J connectivity index is 0.000000697. The van der Waals surface area contributed by atoms with Crippen LogP contribution in [0.25, 0.3) is 0 Å². The van der Waals surface area contributed by atoms with Gasteiger partial charge >= 0.3 is 12.1 Å². The molecule has 150 valence electrons. The van der Waals surface area contributed by atoms with Crippen molar-refractivity contribution >= 4 is 5.97 Å². The van der Waals surface area contributed by atoms with Gasteiger partial charge < -0.3 is 26.4 Å². The molecule has 5 N–H and O–H groups in total. The molecule has 0 aromatic carbocycles. The summed E-state index contributed by atoms with van der Waals surface area (Å²) < 4.78 is 31.7. The molecule has 0 spiro atoms. The third-order valence-electron chi connectivity index (χ3n) is 4.06. The number of nitrogens with zero attached hydrogens (tertiary/aromatic N) is 2. The second-order valence-corrected chi connectivity index (χ2v) is 6.18. The van der Waals surface area contributed by atoms with E-state index in [1.54, 1.807) is 0 Å². The number of halogens is 3. The van der Waals surface area contributed by atoms with E-state index >= 15 is 0 Å². The zero-order valence-corrected chi connectivity index (χ0v) is 14.9. The molecular formula is C16H33F3N4O2. The highest BCUT2D eigenvalue weighted by molar-refractivity contribution is 5.73. The molecular weight excluding hydrogens is 337 g/mol. The lowest BCUT2D eigenvalue weighted by atomic mass is 10.2. The Kier molecular flexibility index (Phi) is 13.8. The number of nitrogens with two attached hydrogens (primary N) is 2. The van der Waals surface area contributed by atoms with Gasteiger partial charge in [0.25, 0.3) is 0 Å². The maximum absolute atomic E-state index is 10.6. The lowest BCUT2D eigenvalue weighted by molar-refractivity contribution is -0.192. The van der Waals surface area contributed by atoms with Gasteiger partial charge in [0.05, 0.1) is 0 Å². The summed E-state index contributed by atoms with van der Waals surface area (Å²) in [4.78, 5) is 14.1. The predicted octanol–water partition coefficient (Wildman–Crippen LogP) is 1.50. The van der Waals surface area contributed by atoms with Gasteiger partial charge in [0.15, 0.2) is 0 Å². The Bertz CT molecular complexity index is 316. The van der Waals surface area contributed by atoms with Crippen LogP contribution in [-0.2, 0) is 4.79 Å². The number of rotatable bonds is 10. The van der Waals surface area contributed by atoms with Crippen molar-refractivity contribution in [2.24, 2.45) is 11.5 Å². The zero-order valence-electron chi connectivity index (χ0n) is 14.9. The molecule has 1 aliphatic rings. The smallest absolute Gasteiger partial charge is 0.475 e. The monoisotopic (exact) mass is 370 g/mol. The van der Waals surface area contributed by atoms with Crippen molar-refractivity contribution in [2.75, 3.05) is 52.4 Å². The minimum Gasteiger partial charge on any atom is -0.475 e. The summed E-state index contributed by atoms with van der Waals surface area (Å²) in [6.07, 6.45) is 2.48. The number of aliphatic carboxylic acids is 1. The number of piperazine rings is 1. The molecule has 1 rings (SSSR count). The number of hydrogen-bond acceptors (Lipinski definition) is 5. The molecule has 0 saturated carbocycles. The van der Waals surface area contributed by atoms with Crippen molar-refractivity contribution in [3.63, 3.8) is 0 Å². The SMILES string of the molecule is NCCCCCN1CCN(CCCCCN)CC1.O=C(O)C(F)(F)F. The third-order valence-corrected chi connectivity index (χ3v) is 4.06. The minimum atomic E-state index is -5.08. The second kappa shape index (κ2) is 14.3. The van der Waals surface area contributed by atoms with Crippen molar-refractivity contribution in [3.8, 4) is 0 Å². The van der Waals surface area contributed by atoms with E-state index in [2.05, 4.69) is 9.80 Å². The molecule has 1 fully saturated rings. The molecule has 0 aliphatic carbocycles. The van der Waals surface area contributed by atoms with Crippen LogP contribution in [0.2, 0.25) is 0 Å². The van der Waals surface area contributed by atoms with E-state index in [0.29, 0.717) is 0 Å². The fraction of sp³-hybridized carbons (Fsp3) is 0.938. The Morgan fingerprint density at radius 3 is 1.36 bits per heavy atom. The van der Waals surface area contributed by atoms with E-state index in [-0.39, 0.29) is 0 Å². The number of hydrogen-bond donors (Lipinski definition) is 3. The molecule has 0 amide bonds. The van der Waals surface area contributed by atoms with Crippen LogP contribution in [-0.4, -0.2) is 79.4 Å². The number of carboxylic acid groups (broad SMARTS) is 1. The third kappa shape index (κ3) is 14.0. The first-order chi connectivity index (χ1) is 11.8. The quantitative estimate of drug-likeness (QED) is 0.504. The summed E-state index contributed by atoms with van der Waals surface area (Å²) in [6.45, 7) is 9.22. The average Bonchev–Trinajstić information content (AvgIpc) is 2.56. The number of carboxylic acids is 1. The van der Waals surface area contributed by atoms with E-state index in [9.17, 15) is 13.2 Å². The zero-order chi connectivity index (χ0) is 19.1. The lowest BCUT2D eigenvalue weighted by Gasteiger charge is -2.34. The van der Waals surface area contributed by atoms with Crippen molar-refractivity contribution in [2.45, 2.75) is 44.7 Å². The highest BCUT2D eigenvalue weighted by Gasteiger charge is 2.38. The molecule has 0 atom stereocenters. The topological polar surface area (TPSA) is 95.8 Å². The standard InChI is InChI=1S/C14H32N4.C2HF3O2/c15-7-3-1-5-9-17-11-13-18(14-12-17)10-6-2-4-8-16;3-2(4,5)1(6)7/h1-16H2;(H,6,7). The molecule has 0 unspecified atom stereocenters. The van der Waals surface area contributed by atoms with Crippen molar-refractivity contribution in [1.29, 1.82) is 0 Å². The van der Waals surface area contributed by atoms with Gasteiger partial charge in [-0.05, 0) is 51.9 Å². The number of unbranched alkanes of at least 4 members (excludes halogenated alkanes) is 4. The van der Waals surface area contributed by atoms with Crippen molar-refractivity contribution in [3.05, 3.63) is 0 Å². The molecule has 25 heavy (non-hydrogen) atoms. The van der Waals surface area contributed by atoms with Crippen LogP contribution in [0.15, 0.2) is 0 Å². The molecule has 1 aliphatic heterocycles. The highest BCUT2D eigenvalue weighted by atomic mass is 19.4. The van der Waals surface area contributed by atoms with Gasteiger partial charge in [-0.15, -0.1) is 0 Å². The highest BCUT2D eigenvalue weighted by Crippen LogP contribution is 2.13. The Morgan fingerprint density at radius 1 is 0.800 bits per heavy atom. The van der Waals surface area contributed by atoms with Gasteiger partial charge in [0.2, 0.25) is 0 Å². The number of alkyl halides is 3. The molecule has 0 radical (unpaired) electrons. The second-order valence-electron chi connectivity index (χ2n) is 6.18. The average molecular weight is 370 g/mol. The van der Waals surface area contributed by atoms with Gasteiger partial charge in [-0.3, -0.25) is 0 Å². The summed E-state index contributed by atoms with van der Waals surface area (Å²) in [7, 11) is 0. The van der Waals surface area contributed by atoms with E-state index in [1.807, 2.05) is 0 Å². The Morgan fingerprint density at radius 2 is 1.12 bits per heavy atom. The number of carbonyl (C=O) groups is 1. The van der Waals surface area contributed by atoms with Crippen LogP contribution in [0.5, 0.6) is 0 Å². The van der Waals surface area contributed by atoms with Gasteiger partial charge in [-0.25, -0.2) is 4.79 Å². The molecule has 1 saturated heterocycles. The molecule has 0 aromatic heterocycles. The molecule has 0 aromatic rings. The molecule has 9 heteroatoms. The van der Waals surface area contributed by atoms with Gasteiger partial charge in [-0.1, -0.05) is 12.8 Å². The minimum absolute atomic E-state index is 0.844. The van der Waals surface area contributed by atoms with E-state index in [1.165, 1.54) is 77.8 Å². The normalized spacial score (nSPS) is 16.4. The Labute approximate surface area is 148 Å². The van der Waals surface area contributed by atoms with E-state index in [4.69, 9.17) is 21.4 Å². The van der Waals surface area contributed by atoms with Crippen LogP contribution < -0.4 is 11.5 Å². The summed E-state index contributed by atoms with van der Waals surface area (Å²) in [5, 5.41) is 7.12. The summed E-state index contributed by atoms with van der Waals surface area (Å²) in [5.74, 6) is -2.76. The summed E-state index contributed by atoms with van der Waals surface area (Å²) in [5.41, 5.74) is 11.0. The fourth-order valence-corrected chi connectivity index (χ4v) is 2.55. The van der Waals surface area contributed by atoms with E-state index in [0.717, 1.165) is 13.1 Å². The predicted molar refractivity (Wildman–Crippen MR) is 92.4 cm³/mol. The summed E-state index contributed by atoms with van der Waals surface area (Å²) >= 11 is 0. The van der Waals surface area contributed by atoms with E-state index < -0.39 is 12.1 Å². The molecule has 1 heterocycles. The van der Waals surface area contributed by atoms with Crippen LogP contribution >= 0.6 is 0 Å². The van der Waals surface area contributed by atoms with Crippen molar-refractivity contribution in [1.82, 2.24) is 9.80 Å². The maximum atomic E-state index is 10.6. The van der Waals surface area contributed by atoms with Gasteiger partial charge in [-0.2, -0.15) is 13.2 Å².